The number of carbonyl (C=O) groups is 1. The number of hydrogen-bond donors (Lipinski definition) is 5. The molecule has 19 heavy (non-hydrogen) atoms. The van der Waals surface area contributed by atoms with Gasteiger partial charge in [0.05, 0.1) is 13.2 Å². The van der Waals surface area contributed by atoms with Crippen LogP contribution in [0, 0.1) is 0 Å². The Morgan fingerprint density at radius 2 is 1.84 bits per heavy atom. The fourth-order valence-corrected chi connectivity index (χ4v) is 1.61. The van der Waals surface area contributed by atoms with E-state index in [9.17, 15) is 20.1 Å². The second kappa shape index (κ2) is 6.94. The summed E-state index contributed by atoms with van der Waals surface area (Å²) in [6.45, 7) is 2.66. The van der Waals surface area contributed by atoms with Crippen LogP contribution in [0.3, 0.4) is 0 Å². The minimum atomic E-state index is -1.52. The highest BCUT2D eigenvalue weighted by atomic mass is 16.7. The number of carboxylic acids is 1. The Morgan fingerprint density at radius 1 is 1.21 bits per heavy atom. The van der Waals surface area contributed by atoms with Crippen molar-refractivity contribution in [3.63, 3.8) is 0 Å². The van der Waals surface area contributed by atoms with Gasteiger partial charge in [-0.2, -0.15) is 0 Å². The summed E-state index contributed by atoms with van der Waals surface area (Å²) < 4.78 is 10.2. The van der Waals surface area contributed by atoms with Crippen molar-refractivity contribution in [2.24, 2.45) is 0 Å². The predicted molar refractivity (Wildman–Crippen MR) is 61.1 cm³/mol. The Morgan fingerprint density at radius 3 is 2.37 bits per heavy atom. The third-order valence-electron chi connectivity index (χ3n) is 2.84. The molecule has 0 aliphatic carbocycles. The molecule has 0 aromatic carbocycles. The van der Waals surface area contributed by atoms with Crippen molar-refractivity contribution in [2.45, 2.75) is 37.1 Å². The molecule has 1 unspecified atom stereocenters. The molecule has 0 radical (unpaired) electrons. The zero-order valence-electron chi connectivity index (χ0n) is 10.2. The van der Waals surface area contributed by atoms with Crippen molar-refractivity contribution in [1.29, 1.82) is 0 Å². The van der Waals surface area contributed by atoms with Crippen LogP contribution in [0.25, 0.3) is 0 Å². The SMILES string of the molecule is C=C(CCOC1O[C@H](CO)[C@H](O)[C@H](O)[C@H]1O)C(=O)O. The molecule has 8 heteroatoms. The molecule has 5 atom stereocenters. The Hall–Kier alpha value is -1.03. The lowest BCUT2D eigenvalue weighted by molar-refractivity contribution is -0.300. The maximum atomic E-state index is 10.5. The Labute approximate surface area is 109 Å². The van der Waals surface area contributed by atoms with Crippen LogP contribution in [0.2, 0.25) is 0 Å². The highest BCUT2D eigenvalue weighted by Gasteiger charge is 2.43. The van der Waals surface area contributed by atoms with Gasteiger partial charge in [0.2, 0.25) is 0 Å². The van der Waals surface area contributed by atoms with Gasteiger partial charge in [-0.3, -0.25) is 0 Å². The molecule has 0 amide bonds. The lowest BCUT2D eigenvalue weighted by Crippen LogP contribution is -2.59. The molecule has 1 rings (SSSR count). The van der Waals surface area contributed by atoms with E-state index in [1.165, 1.54) is 0 Å². The number of ether oxygens (including phenoxy) is 2. The first-order valence-electron chi connectivity index (χ1n) is 5.71. The normalized spacial score (nSPS) is 35.1. The lowest BCUT2D eigenvalue weighted by atomic mass is 9.99. The second-order valence-corrected chi connectivity index (χ2v) is 4.23. The van der Waals surface area contributed by atoms with Crippen molar-refractivity contribution in [1.82, 2.24) is 0 Å². The predicted octanol–water partition coefficient (Wildman–Crippen LogP) is -2.17. The first kappa shape index (κ1) is 16.0. The van der Waals surface area contributed by atoms with Gasteiger partial charge in [0.15, 0.2) is 6.29 Å². The van der Waals surface area contributed by atoms with Gasteiger partial charge >= 0.3 is 5.97 Å². The van der Waals surface area contributed by atoms with Crippen molar-refractivity contribution >= 4 is 5.97 Å². The van der Waals surface area contributed by atoms with E-state index in [1.807, 2.05) is 0 Å². The summed E-state index contributed by atoms with van der Waals surface area (Å²) in [6.07, 6.45) is -6.74. The van der Waals surface area contributed by atoms with Crippen LogP contribution in [0.15, 0.2) is 12.2 Å². The molecule has 5 N–H and O–H groups in total. The number of hydrogen-bond acceptors (Lipinski definition) is 7. The van der Waals surface area contributed by atoms with Gasteiger partial charge in [0.1, 0.15) is 24.4 Å². The molecule has 0 saturated carbocycles. The van der Waals surface area contributed by atoms with Crippen LogP contribution in [0.4, 0.5) is 0 Å². The summed E-state index contributed by atoms with van der Waals surface area (Å²) in [7, 11) is 0. The average Bonchev–Trinajstić information content (AvgIpc) is 2.38. The van der Waals surface area contributed by atoms with Crippen LogP contribution in [-0.2, 0) is 14.3 Å². The third-order valence-corrected chi connectivity index (χ3v) is 2.84. The number of aliphatic carboxylic acids is 1. The van der Waals surface area contributed by atoms with Gasteiger partial charge in [-0.25, -0.2) is 4.79 Å². The molecule has 110 valence electrons. The van der Waals surface area contributed by atoms with E-state index < -0.39 is 43.3 Å². The van der Waals surface area contributed by atoms with E-state index in [2.05, 4.69) is 6.58 Å². The quantitative estimate of drug-likeness (QED) is 0.346. The van der Waals surface area contributed by atoms with Crippen LogP contribution in [-0.4, -0.2) is 75.4 Å². The topological polar surface area (TPSA) is 137 Å². The van der Waals surface area contributed by atoms with E-state index in [0.717, 1.165) is 0 Å². The van der Waals surface area contributed by atoms with E-state index in [1.54, 1.807) is 0 Å². The molecular weight excluding hydrogens is 260 g/mol. The Kier molecular flexibility index (Phi) is 5.85. The molecule has 0 aromatic rings. The summed E-state index contributed by atoms with van der Waals surface area (Å²) in [6, 6.07) is 0. The number of carboxylic acid groups (broad SMARTS) is 1. The van der Waals surface area contributed by atoms with Gasteiger partial charge in [0, 0.05) is 12.0 Å². The zero-order chi connectivity index (χ0) is 14.6. The van der Waals surface area contributed by atoms with E-state index in [-0.39, 0.29) is 18.6 Å². The molecule has 1 aliphatic rings. The smallest absolute Gasteiger partial charge is 0.331 e. The van der Waals surface area contributed by atoms with Gasteiger partial charge < -0.3 is 35.0 Å². The molecule has 0 aromatic heterocycles. The van der Waals surface area contributed by atoms with Gasteiger partial charge in [-0.05, 0) is 0 Å². The molecule has 8 nitrogen and oxygen atoms in total. The lowest BCUT2D eigenvalue weighted by Gasteiger charge is -2.39. The molecule has 0 spiro atoms. The molecule has 1 fully saturated rings. The van der Waals surface area contributed by atoms with Crippen LogP contribution >= 0.6 is 0 Å². The van der Waals surface area contributed by atoms with Crippen molar-refractivity contribution in [2.75, 3.05) is 13.2 Å². The average molecular weight is 278 g/mol. The number of aliphatic hydroxyl groups is 4. The van der Waals surface area contributed by atoms with E-state index in [0.29, 0.717) is 0 Å². The van der Waals surface area contributed by atoms with Gasteiger partial charge in [0.25, 0.3) is 0 Å². The fourth-order valence-electron chi connectivity index (χ4n) is 1.61. The molecular formula is C11H18O8. The minimum Gasteiger partial charge on any atom is -0.478 e. The van der Waals surface area contributed by atoms with Crippen molar-refractivity contribution in [3.05, 3.63) is 12.2 Å². The maximum absolute atomic E-state index is 10.5. The fraction of sp³-hybridized carbons (Fsp3) is 0.727. The van der Waals surface area contributed by atoms with Crippen LogP contribution in [0.1, 0.15) is 6.42 Å². The number of rotatable bonds is 6. The first-order valence-corrected chi connectivity index (χ1v) is 5.71. The number of aliphatic hydroxyl groups excluding tert-OH is 4. The zero-order valence-corrected chi connectivity index (χ0v) is 10.2. The van der Waals surface area contributed by atoms with Gasteiger partial charge in [-0.15, -0.1) is 0 Å². The van der Waals surface area contributed by atoms with E-state index in [4.69, 9.17) is 19.7 Å². The summed E-state index contributed by atoms with van der Waals surface area (Å²) in [4.78, 5) is 10.5. The monoisotopic (exact) mass is 278 g/mol. The third kappa shape index (κ3) is 3.96. The molecule has 0 bridgehead atoms. The van der Waals surface area contributed by atoms with Crippen molar-refractivity contribution < 1.29 is 39.8 Å². The largest absolute Gasteiger partial charge is 0.478 e. The highest BCUT2D eigenvalue weighted by molar-refractivity contribution is 5.85. The maximum Gasteiger partial charge on any atom is 0.331 e. The Balaban J connectivity index is 2.48. The van der Waals surface area contributed by atoms with Crippen molar-refractivity contribution in [3.8, 4) is 0 Å². The standard InChI is InChI=1S/C11H18O8/c1-5(10(16)17)2-3-18-11-9(15)8(14)7(13)6(4-12)19-11/h6-9,11-15H,1-4H2,(H,16,17)/t6-,7+,8+,9-,11?/m1/s1. The summed E-state index contributed by atoms with van der Waals surface area (Å²) in [5, 5.41) is 46.1. The Bertz CT molecular complexity index is 329. The van der Waals surface area contributed by atoms with E-state index >= 15 is 0 Å². The minimum absolute atomic E-state index is 0.0182. The van der Waals surface area contributed by atoms with Gasteiger partial charge in [-0.1, -0.05) is 6.58 Å². The van der Waals surface area contributed by atoms with Crippen LogP contribution in [0.5, 0.6) is 0 Å². The summed E-state index contributed by atoms with van der Waals surface area (Å²) in [5.74, 6) is -1.16. The molecule has 1 aliphatic heterocycles. The summed E-state index contributed by atoms with van der Waals surface area (Å²) in [5.41, 5.74) is -0.0652. The second-order valence-electron chi connectivity index (χ2n) is 4.23. The summed E-state index contributed by atoms with van der Waals surface area (Å²) >= 11 is 0. The first-order chi connectivity index (χ1) is 8.88. The van der Waals surface area contributed by atoms with Crippen LogP contribution < -0.4 is 0 Å². The highest BCUT2D eigenvalue weighted by Crippen LogP contribution is 2.22. The molecule has 1 heterocycles. The molecule has 1 saturated heterocycles.